The first-order valence-electron chi connectivity index (χ1n) is 9.03. The van der Waals surface area contributed by atoms with Crippen LogP contribution in [0.15, 0.2) is 54.7 Å². The third-order valence-corrected chi connectivity index (χ3v) is 4.73. The van der Waals surface area contributed by atoms with E-state index >= 15 is 0 Å². The normalized spacial score (nSPS) is 11.1. The highest BCUT2D eigenvalue weighted by Crippen LogP contribution is 2.26. The molecule has 2 heterocycles. The molecule has 0 atom stereocenters. The maximum atomic E-state index is 5.46. The fraction of sp³-hybridized carbons (Fsp3) is 0.227. The molecule has 0 aliphatic rings. The number of methoxy groups -OCH3 is 1. The molecule has 0 amide bonds. The van der Waals surface area contributed by atoms with Crippen LogP contribution in [0.4, 0.5) is 0 Å². The largest absolute Gasteiger partial charge is 0.494 e. The van der Waals surface area contributed by atoms with Crippen LogP contribution in [0.3, 0.4) is 0 Å². The Kier molecular flexibility index (Phi) is 4.59. The summed E-state index contributed by atoms with van der Waals surface area (Å²) in [5.74, 6) is 2.58. The van der Waals surface area contributed by atoms with Gasteiger partial charge in [-0.1, -0.05) is 42.5 Å². The zero-order valence-electron chi connectivity index (χ0n) is 15.8. The van der Waals surface area contributed by atoms with Crippen molar-refractivity contribution in [2.75, 3.05) is 7.11 Å². The standard InChI is InChI=1S/C22H22N4O/c1-15-23-18(17-10-7-11-20(27-3)22(17)24-15)12-13-21-25-19(14-26(21)2)16-8-5-4-6-9-16/h4-11,14H,12-13H2,1-3H3. The zero-order valence-corrected chi connectivity index (χ0v) is 15.8. The van der Waals surface area contributed by atoms with E-state index in [1.54, 1.807) is 7.11 Å². The number of fused-ring (bicyclic) bond motifs is 1. The van der Waals surface area contributed by atoms with E-state index in [0.29, 0.717) is 0 Å². The molecular formula is C22H22N4O. The molecule has 4 aromatic rings. The number of nitrogens with zero attached hydrogens (tertiary/aromatic N) is 4. The summed E-state index contributed by atoms with van der Waals surface area (Å²) in [5.41, 5.74) is 4.03. The summed E-state index contributed by atoms with van der Waals surface area (Å²) in [5, 5.41) is 1.04. The Morgan fingerprint density at radius 1 is 0.926 bits per heavy atom. The quantitative estimate of drug-likeness (QED) is 0.538. The van der Waals surface area contributed by atoms with Gasteiger partial charge in [0.1, 0.15) is 22.9 Å². The first-order valence-corrected chi connectivity index (χ1v) is 9.03. The Bertz CT molecular complexity index is 1090. The monoisotopic (exact) mass is 358 g/mol. The van der Waals surface area contributed by atoms with Crippen molar-refractivity contribution in [1.29, 1.82) is 0 Å². The maximum Gasteiger partial charge on any atom is 0.145 e. The summed E-state index contributed by atoms with van der Waals surface area (Å²) in [6, 6.07) is 16.2. The molecule has 0 saturated heterocycles. The lowest BCUT2D eigenvalue weighted by atomic mass is 10.1. The Morgan fingerprint density at radius 3 is 2.52 bits per heavy atom. The van der Waals surface area contributed by atoms with Gasteiger partial charge < -0.3 is 9.30 Å². The van der Waals surface area contributed by atoms with Crippen LogP contribution in [-0.2, 0) is 19.9 Å². The molecule has 0 unspecified atom stereocenters. The second kappa shape index (κ2) is 7.19. The van der Waals surface area contributed by atoms with Gasteiger partial charge in [-0.2, -0.15) is 0 Å². The Labute approximate surface area is 158 Å². The van der Waals surface area contributed by atoms with Crippen LogP contribution in [0.1, 0.15) is 17.3 Å². The SMILES string of the molecule is COc1cccc2c(CCc3nc(-c4ccccc4)cn3C)nc(C)nc12. The summed E-state index contributed by atoms with van der Waals surface area (Å²) in [6.45, 7) is 1.92. The third kappa shape index (κ3) is 3.40. The zero-order chi connectivity index (χ0) is 18.8. The minimum absolute atomic E-state index is 0.756. The van der Waals surface area contributed by atoms with Crippen LogP contribution >= 0.6 is 0 Å². The number of ether oxygens (including phenoxy) is 1. The number of imidazole rings is 1. The Hall–Kier alpha value is -3.21. The summed E-state index contributed by atoms with van der Waals surface area (Å²) in [7, 11) is 3.71. The van der Waals surface area contributed by atoms with E-state index in [1.165, 1.54) is 0 Å². The summed E-state index contributed by atoms with van der Waals surface area (Å²) in [4.78, 5) is 14.1. The third-order valence-electron chi connectivity index (χ3n) is 4.73. The molecule has 0 saturated carbocycles. The van der Waals surface area contributed by atoms with Crippen molar-refractivity contribution in [3.63, 3.8) is 0 Å². The first-order chi connectivity index (χ1) is 13.2. The smallest absolute Gasteiger partial charge is 0.145 e. The first kappa shape index (κ1) is 17.2. The summed E-state index contributed by atoms with van der Waals surface area (Å²) in [6.07, 6.45) is 3.69. The predicted molar refractivity (Wildman–Crippen MR) is 107 cm³/mol. The molecule has 0 N–H and O–H groups in total. The highest BCUT2D eigenvalue weighted by atomic mass is 16.5. The number of para-hydroxylation sites is 1. The van der Waals surface area contributed by atoms with Gasteiger partial charge >= 0.3 is 0 Å². The molecule has 4 rings (SSSR count). The lowest BCUT2D eigenvalue weighted by Gasteiger charge is -2.10. The minimum Gasteiger partial charge on any atom is -0.494 e. The molecular weight excluding hydrogens is 336 g/mol. The summed E-state index contributed by atoms with van der Waals surface area (Å²) >= 11 is 0. The van der Waals surface area contributed by atoms with Crippen LogP contribution in [0.25, 0.3) is 22.2 Å². The van der Waals surface area contributed by atoms with Crippen molar-refractivity contribution >= 4 is 10.9 Å². The van der Waals surface area contributed by atoms with Crippen molar-refractivity contribution in [1.82, 2.24) is 19.5 Å². The van der Waals surface area contributed by atoms with Gasteiger partial charge in [-0.3, -0.25) is 0 Å². The van der Waals surface area contributed by atoms with Gasteiger partial charge in [0, 0.05) is 30.6 Å². The number of hydrogen-bond donors (Lipinski definition) is 0. The number of aromatic nitrogens is 4. The molecule has 5 nitrogen and oxygen atoms in total. The highest BCUT2D eigenvalue weighted by molar-refractivity contribution is 5.86. The molecule has 0 fully saturated rings. The fourth-order valence-electron chi connectivity index (χ4n) is 3.38. The van der Waals surface area contributed by atoms with Gasteiger partial charge in [-0.25, -0.2) is 15.0 Å². The second-order valence-electron chi connectivity index (χ2n) is 6.59. The topological polar surface area (TPSA) is 52.8 Å². The molecule has 136 valence electrons. The second-order valence-corrected chi connectivity index (χ2v) is 6.59. The van der Waals surface area contributed by atoms with Gasteiger partial charge in [0.2, 0.25) is 0 Å². The van der Waals surface area contributed by atoms with E-state index in [0.717, 1.165) is 58.1 Å². The Morgan fingerprint density at radius 2 is 1.74 bits per heavy atom. The number of rotatable bonds is 5. The number of benzene rings is 2. The molecule has 0 aliphatic carbocycles. The average Bonchev–Trinajstić information content (AvgIpc) is 3.07. The highest BCUT2D eigenvalue weighted by Gasteiger charge is 2.12. The van der Waals surface area contributed by atoms with Gasteiger partial charge in [0.15, 0.2) is 0 Å². The van der Waals surface area contributed by atoms with Crippen LogP contribution in [-0.4, -0.2) is 26.6 Å². The van der Waals surface area contributed by atoms with Crippen LogP contribution in [0, 0.1) is 6.92 Å². The van der Waals surface area contributed by atoms with E-state index in [1.807, 2.05) is 44.3 Å². The molecule has 0 spiro atoms. The molecule has 0 aliphatic heterocycles. The number of aryl methyl sites for hydroxylation is 4. The molecule has 2 aromatic carbocycles. The number of hydrogen-bond acceptors (Lipinski definition) is 4. The van der Waals surface area contributed by atoms with Crippen molar-refractivity contribution in [3.05, 3.63) is 72.1 Å². The van der Waals surface area contributed by atoms with Crippen molar-refractivity contribution in [2.45, 2.75) is 19.8 Å². The Balaban J connectivity index is 1.64. The van der Waals surface area contributed by atoms with Crippen LogP contribution < -0.4 is 4.74 Å². The van der Waals surface area contributed by atoms with Crippen LogP contribution in [0.5, 0.6) is 5.75 Å². The van der Waals surface area contributed by atoms with Crippen molar-refractivity contribution in [2.24, 2.45) is 7.05 Å². The van der Waals surface area contributed by atoms with E-state index in [2.05, 4.69) is 38.9 Å². The minimum atomic E-state index is 0.756. The van der Waals surface area contributed by atoms with E-state index < -0.39 is 0 Å². The van der Waals surface area contributed by atoms with Crippen LogP contribution in [0.2, 0.25) is 0 Å². The van der Waals surface area contributed by atoms with Gasteiger partial charge in [-0.15, -0.1) is 0 Å². The summed E-state index contributed by atoms with van der Waals surface area (Å²) < 4.78 is 7.56. The molecule has 0 bridgehead atoms. The fourth-order valence-corrected chi connectivity index (χ4v) is 3.38. The molecule has 5 heteroatoms. The average molecular weight is 358 g/mol. The maximum absolute atomic E-state index is 5.46. The van der Waals surface area contributed by atoms with Crippen molar-refractivity contribution in [3.8, 4) is 17.0 Å². The molecule has 2 aromatic heterocycles. The molecule has 0 radical (unpaired) electrons. The lowest BCUT2D eigenvalue weighted by molar-refractivity contribution is 0.418. The van der Waals surface area contributed by atoms with Gasteiger partial charge in [-0.05, 0) is 19.4 Å². The van der Waals surface area contributed by atoms with E-state index in [9.17, 15) is 0 Å². The van der Waals surface area contributed by atoms with E-state index in [4.69, 9.17) is 9.72 Å². The van der Waals surface area contributed by atoms with Crippen molar-refractivity contribution < 1.29 is 4.74 Å². The van der Waals surface area contributed by atoms with E-state index in [-0.39, 0.29) is 0 Å². The lowest BCUT2D eigenvalue weighted by Crippen LogP contribution is -2.04. The van der Waals surface area contributed by atoms with Gasteiger partial charge in [0.25, 0.3) is 0 Å². The predicted octanol–water partition coefficient (Wildman–Crippen LogP) is 4.13. The van der Waals surface area contributed by atoms with Gasteiger partial charge in [0.05, 0.1) is 18.5 Å². The molecule has 27 heavy (non-hydrogen) atoms.